The summed E-state index contributed by atoms with van der Waals surface area (Å²) < 4.78 is 76.8. The van der Waals surface area contributed by atoms with Crippen molar-refractivity contribution >= 4 is 67.7 Å². The summed E-state index contributed by atoms with van der Waals surface area (Å²) in [7, 11) is -1.48. The van der Waals surface area contributed by atoms with Crippen molar-refractivity contribution < 1.29 is 50.3 Å². The number of aryl methyl sites for hydroxylation is 1. The Hall–Kier alpha value is -7.86. The SMILES string of the molecule is CC(Oc1cc(-c2nn(C)c3c(-c4cnn(C5CCC(C(=O)N[C@H]6C[C@H](Nc7cccc8c7C(=O)N(C7CCC(=O)NC7=O)C8=O)C6)N(C)C5)c4)cnc(N)c23)ccc1NS(=O)(=O)C(F)F)c1ccc(F)cc1. The minimum absolute atomic E-state index is 0.0237. The maximum absolute atomic E-state index is 13.7. The third-order valence-electron chi connectivity index (χ3n) is 14.0. The van der Waals surface area contributed by atoms with Crippen molar-refractivity contribution in [1.82, 2.24) is 45.0 Å². The van der Waals surface area contributed by atoms with Crippen molar-refractivity contribution in [3.8, 4) is 28.1 Å². The van der Waals surface area contributed by atoms with Crippen LogP contribution in [0.25, 0.3) is 33.3 Å². The van der Waals surface area contributed by atoms with Gasteiger partial charge in [0.1, 0.15) is 35.2 Å². The number of amides is 5. The van der Waals surface area contributed by atoms with Gasteiger partial charge in [-0.05, 0) is 88.0 Å². The molecular formula is C49H49F3N12O8S. The Morgan fingerprint density at radius 3 is 2.41 bits per heavy atom. The van der Waals surface area contributed by atoms with Crippen molar-refractivity contribution in [2.24, 2.45) is 7.05 Å². The molecule has 4 unspecified atom stereocenters. The Morgan fingerprint density at radius 2 is 1.68 bits per heavy atom. The highest BCUT2D eigenvalue weighted by Crippen LogP contribution is 2.41. The van der Waals surface area contributed by atoms with Gasteiger partial charge >= 0.3 is 5.76 Å². The van der Waals surface area contributed by atoms with E-state index in [1.54, 1.807) is 49.2 Å². The van der Waals surface area contributed by atoms with Gasteiger partial charge in [0.25, 0.3) is 21.8 Å². The Labute approximate surface area is 415 Å². The van der Waals surface area contributed by atoms with Crippen molar-refractivity contribution in [3.05, 3.63) is 102 Å². The number of halogens is 3. The summed E-state index contributed by atoms with van der Waals surface area (Å²) in [5.41, 5.74) is 10.3. The van der Waals surface area contributed by atoms with Gasteiger partial charge in [-0.2, -0.15) is 19.0 Å². The molecule has 4 aliphatic rings. The maximum atomic E-state index is 13.7. The number of sulfonamides is 1. The molecule has 3 aromatic carbocycles. The van der Waals surface area contributed by atoms with Crippen LogP contribution < -0.4 is 31.1 Å². The highest BCUT2D eigenvalue weighted by Gasteiger charge is 2.46. The van der Waals surface area contributed by atoms with Crippen molar-refractivity contribution in [1.29, 1.82) is 0 Å². The van der Waals surface area contributed by atoms with E-state index < -0.39 is 57.4 Å². The first-order valence-corrected chi connectivity index (χ1v) is 25.0. The number of nitrogens with zero attached hydrogens (tertiary/aromatic N) is 7. The number of nitrogens with one attached hydrogen (secondary N) is 4. The number of likely N-dealkylation sites (N-methyl/N-ethyl adjacent to an activating group) is 1. The lowest BCUT2D eigenvalue weighted by molar-refractivity contribution is -0.136. The van der Waals surface area contributed by atoms with Gasteiger partial charge in [0.2, 0.25) is 17.7 Å². The first-order chi connectivity index (χ1) is 34.8. The van der Waals surface area contributed by atoms with Crippen LogP contribution >= 0.6 is 0 Å². The minimum atomic E-state index is -5.09. The average Bonchev–Trinajstić information content (AvgIpc) is 4.04. The summed E-state index contributed by atoms with van der Waals surface area (Å²) >= 11 is 0. The Bertz CT molecular complexity index is 3340. The molecule has 24 heteroatoms. The van der Waals surface area contributed by atoms with Crippen LogP contribution in [0, 0.1) is 5.82 Å². The van der Waals surface area contributed by atoms with Gasteiger partial charge in [0.15, 0.2) is 0 Å². The first kappa shape index (κ1) is 48.8. The smallest absolute Gasteiger partial charge is 0.355 e. The van der Waals surface area contributed by atoms with Crippen LogP contribution in [0.3, 0.4) is 0 Å². The number of aromatic nitrogens is 5. The number of likely N-dealkylation sites (tertiary alicyclic amines) is 1. The van der Waals surface area contributed by atoms with Crippen LogP contribution in [0.2, 0.25) is 0 Å². The van der Waals surface area contributed by atoms with Gasteiger partial charge in [-0.3, -0.25) is 53.2 Å². The summed E-state index contributed by atoms with van der Waals surface area (Å²) in [4.78, 5) is 72.2. The largest absolute Gasteiger partial charge is 0.484 e. The second-order valence-electron chi connectivity index (χ2n) is 18.8. The van der Waals surface area contributed by atoms with Crippen LogP contribution in [0.1, 0.15) is 83.9 Å². The van der Waals surface area contributed by atoms with E-state index in [9.17, 15) is 45.6 Å². The second kappa shape index (κ2) is 19.0. The van der Waals surface area contributed by atoms with E-state index in [-0.39, 0.29) is 71.3 Å². The number of imide groups is 2. The predicted molar refractivity (Wildman–Crippen MR) is 260 cm³/mol. The third-order valence-corrected chi connectivity index (χ3v) is 15.0. The lowest BCUT2D eigenvalue weighted by Gasteiger charge is -2.40. The highest BCUT2D eigenvalue weighted by atomic mass is 32.2. The van der Waals surface area contributed by atoms with Gasteiger partial charge in [-0.15, -0.1) is 0 Å². The molecule has 1 saturated carbocycles. The fourth-order valence-electron chi connectivity index (χ4n) is 10.1. The quantitative estimate of drug-likeness (QED) is 0.0888. The molecule has 6 heterocycles. The predicted octanol–water partition coefficient (Wildman–Crippen LogP) is 5.12. The Kier molecular flexibility index (Phi) is 12.7. The number of pyridine rings is 1. The Morgan fingerprint density at radius 1 is 0.918 bits per heavy atom. The van der Waals surface area contributed by atoms with Gasteiger partial charge in [-0.1, -0.05) is 24.3 Å². The van der Waals surface area contributed by atoms with E-state index in [0.717, 1.165) is 4.90 Å². The number of nitrogen functional groups attached to an aromatic ring is 1. The minimum Gasteiger partial charge on any atom is -0.484 e. The molecule has 20 nitrogen and oxygen atoms in total. The van der Waals surface area contributed by atoms with Crippen molar-refractivity contribution in [3.63, 3.8) is 0 Å². The normalized spacial score (nSPS) is 21.7. The zero-order valence-corrected chi connectivity index (χ0v) is 40.3. The summed E-state index contributed by atoms with van der Waals surface area (Å²) in [5, 5.41) is 18.7. The third kappa shape index (κ3) is 9.19. The van der Waals surface area contributed by atoms with Crippen LogP contribution in [0.5, 0.6) is 5.75 Å². The van der Waals surface area contributed by atoms with Crippen molar-refractivity contribution in [2.45, 2.75) is 87.5 Å². The van der Waals surface area contributed by atoms with E-state index >= 15 is 0 Å². The standard InChI is InChI=1S/C49H49F3N12O8S/c1-24(25-7-10-28(50)11-8-25)72-38-17-26(9-13-34(38)60-73(70,71)49(51)52)42-41-43(62(3)59-42)33(21-54-44(41)53)27-20-55-63(22-27)31-12-14-36(61(2)23-31)45(66)57-30-18-29(19-30)56-35-6-4-5-32-40(35)48(69)64(47(32)68)37-15-16-39(65)58-46(37)67/h4-11,13,17,20-22,24,29-31,36-37,49,56,60H,12,14-16,18-19,23H2,1-3H3,(H2,53,54)(H,57,66)(H,58,65,67)/t24?,29-,30-,31?,36?,37?. The molecule has 4 atom stereocenters. The molecular weight excluding hydrogens is 974 g/mol. The molecule has 3 aliphatic heterocycles. The second-order valence-corrected chi connectivity index (χ2v) is 20.4. The molecule has 2 saturated heterocycles. The van der Waals surface area contributed by atoms with E-state index in [0.29, 0.717) is 76.8 Å². The van der Waals surface area contributed by atoms with E-state index in [2.05, 4.69) is 20.9 Å². The number of hydrogen-bond donors (Lipinski definition) is 5. The summed E-state index contributed by atoms with van der Waals surface area (Å²) in [5.74, 6) is -6.55. The number of fused-ring (bicyclic) bond motifs is 2. The average molecular weight is 1020 g/mol. The lowest BCUT2D eigenvalue weighted by atomic mass is 9.85. The molecule has 6 N–H and O–H groups in total. The number of piperidine rings is 2. The number of ether oxygens (including phenoxy) is 1. The molecule has 0 radical (unpaired) electrons. The number of nitrogens with two attached hydrogens (primary N) is 1. The van der Waals surface area contributed by atoms with Crippen LogP contribution in [0.4, 0.5) is 30.4 Å². The van der Waals surface area contributed by atoms with E-state index in [1.165, 1.54) is 42.5 Å². The molecule has 5 amide bonds. The zero-order valence-electron chi connectivity index (χ0n) is 39.5. The number of anilines is 3. The summed E-state index contributed by atoms with van der Waals surface area (Å²) in [6.45, 7) is 2.16. The number of carbonyl (C=O) groups is 5. The molecule has 6 aromatic rings. The number of benzene rings is 3. The first-order valence-electron chi connectivity index (χ1n) is 23.5. The fourth-order valence-corrected chi connectivity index (χ4v) is 10.7. The fraction of sp³-hybridized carbons (Fsp3) is 0.347. The highest BCUT2D eigenvalue weighted by molar-refractivity contribution is 7.93. The molecule has 3 fully saturated rings. The van der Waals surface area contributed by atoms with Crippen molar-refractivity contribution in [2.75, 3.05) is 29.4 Å². The van der Waals surface area contributed by atoms with Gasteiger partial charge in [0, 0.05) is 66.9 Å². The molecule has 73 heavy (non-hydrogen) atoms. The van der Waals surface area contributed by atoms with E-state index in [4.69, 9.17) is 20.7 Å². The van der Waals surface area contributed by atoms with Crippen LogP contribution in [0.15, 0.2) is 79.3 Å². The summed E-state index contributed by atoms with van der Waals surface area (Å²) in [6.07, 6.45) is 6.91. The lowest BCUT2D eigenvalue weighted by Crippen LogP contribution is -2.56. The number of rotatable bonds is 14. The number of carbonyl (C=O) groups excluding carboxylic acids is 5. The molecule has 0 bridgehead atoms. The zero-order chi connectivity index (χ0) is 51.6. The molecule has 380 valence electrons. The van der Waals surface area contributed by atoms with Gasteiger partial charge in [0.05, 0.1) is 46.0 Å². The summed E-state index contributed by atoms with van der Waals surface area (Å²) in [6, 6.07) is 12.9. The Balaban J connectivity index is 0.792. The topological polar surface area (TPSA) is 258 Å². The van der Waals surface area contributed by atoms with Gasteiger partial charge < -0.3 is 21.1 Å². The molecule has 1 aliphatic carbocycles. The number of alkyl halides is 2. The number of hydrogen-bond acceptors (Lipinski definition) is 14. The monoisotopic (exact) mass is 1020 g/mol. The van der Waals surface area contributed by atoms with Crippen LogP contribution in [-0.4, -0.2) is 116 Å². The van der Waals surface area contributed by atoms with E-state index in [1.807, 2.05) is 27.5 Å². The molecule has 10 rings (SSSR count). The maximum Gasteiger partial charge on any atom is 0.355 e. The van der Waals surface area contributed by atoms with Crippen LogP contribution in [-0.2, 0) is 31.5 Å². The van der Waals surface area contributed by atoms with Gasteiger partial charge in [-0.25, -0.2) is 17.8 Å². The molecule has 0 spiro atoms. The molecule has 3 aromatic heterocycles.